The van der Waals surface area contributed by atoms with Crippen LogP contribution in [0.1, 0.15) is 11.1 Å². The predicted molar refractivity (Wildman–Crippen MR) is 251 cm³/mol. The first kappa shape index (κ1) is 44.7. The maximum atomic E-state index is 10.4. The third-order valence-corrected chi connectivity index (χ3v) is 11.7. The van der Waals surface area contributed by atoms with Gasteiger partial charge in [0.2, 0.25) is 0 Å². The van der Waals surface area contributed by atoms with Gasteiger partial charge in [0, 0.05) is 11.1 Å². The summed E-state index contributed by atoms with van der Waals surface area (Å²) in [6.07, 6.45) is 0. The van der Waals surface area contributed by atoms with Crippen molar-refractivity contribution in [2.24, 2.45) is 0 Å². The Balaban J connectivity index is 0.000000227. The summed E-state index contributed by atoms with van der Waals surface area (Å²) >= 11 is 0. The van der Waals surface area contributed by atoms with Crippen LogP contribution in [-0.4, -0.2) is 25.9 Å². The van der Waals surface area contributed by atoms with Crippen molar-refractivity contribution >= 4 is 20.2 Å². The minimum Gasteiger partial charge on any atom is -0.744 e. The topological polar surface area (TPSA) is 137 Å². The average Bonchev–Trinajstić information content (AvgIpc) is 3.32. The number of benzene rings is 7. The van der Waals surface area contributed by atoms with Gasteiger partial charge in [-0.2, -0.15) is 0 Å². The summed E-state index contributed by atoms with van der Waals surface area (Å²) in [7, 11) is -8.54. The van der Waals surface area contributed by atoms with Gasteiger partial charge in [-0.05, 0) is 97.8 Å². The molecule has 0 atom stereocenters. The zero-order chi connectivity index (χ0) is 45.1. The van der Waals surface area contributed by atoms with E-state index in [9.17, 15) is 25.9 Å². The van der Waals surface area contributed by atoms with Gasteiger partial charge < -0.3 is 9.11 Å². The van der Waals surface area contributed by atoms with E-state index in [2.05, 4.69) is 97.1 Å². The molecule has 0 spiro atoms. The van der Waals surface area contributed by atoms with Crippen molar-refractivity contribution in [3.63, 3.8) is 0 Å². The molecule has 0 amide bonds. The third-order valence-electron chi connectivity index (χ3n) is 9.99. The van der Waals surface area contributed by atoms with Crippen LogP contribution in [0.5, 0.6) is 0 Å². The molecule has 0 N–H and O–H groups in total. The smallest absolute Gasteiger partial charge is 0.361 e. The van der Waals surface area contributed by atoms with Crippen LogP contribution in [0.3, 0.4) is 0 Å². The summed E-state index contributed by atoms with van der Waals surface area (Å²) in [5.41, 5.74) is 10.5. The van der Waals surface area contributed by atoms with E-state index >= 15 is 0 Å². The Labute approximate surface area is 373 Å². The molecule has 318 valence electrons. The van der Waals surface area contributed by atoms with Gasteiger partial charge in [0.15, 0.2) is 0 Å². The van der Waals surface area contributed by atoms with Crippen molar-refractivity contribution in [1.29, 1.82) is 0 Å². The van der Waals surface area contributed by atoms with Crippen LogP contribution < -0.4 is 0 Å². The molecule has 0 radical (unpaired) electrons. The molecule has 0 saturated carbocycles. The highest BCUT2D eigenvalue weighted by Crippen LogP contribution is 2.36. The van der Waals surface area contributed by atoms with Gasteiger partial charge in [0.25, 0.3) is 0 Å². The summed E-state index contributed by atoms with van der Waals surface area (Å²) in [6.45, 7) is 3.64. The zero-order valence-electron chi connectivity index (χ0n) is 34.9. The Morgan fingerprint density at radius 1 is 0.297 bits per heavy atom. The standard InChI is InChI=1S/C40H28O2.2C7H8O3S/c1-5-13-31(14-6-1)37-25-35(26-38(41-37)32-15-7-2-8-16-32)29-21-23-30(24-22-29)36-27-39(33-17-9-3-10-18-33)42-40(28-36)34-19-11-4-12-20-34;2*1-6-2-4-7(5-3-6)11(8,9)10/h1-28H;2*2-5H,1H3,(H,8,9,10)/q+2;;/p-2. The molecule has 0 aliphatic heterocycles. The summed E-state index contributed by atoms with van der Waals surface area (Å²) in [5, 5.41) is 0. The molecule has 10 heteroatoms. The van der Waals surface area contributed by atoms with Gasteiger partial charge in [0.1, 0.15) is 20.2 Å². The average molecular weight is 883 g/mol. The molecule has 0 fully saturated rings. The van der Waals surface area contributed by atoms with Gasteiger partial charge >= 0.3 is 23.0 Å². The van der Waals surface area contributed by atoms with Crippen molar-refractivity contribution in [1.82, 2.24) is 0 Å². The van der Waals surface area contributed by atoms with Crippen LogP contribution in [0.25, 0.3) is 67.5 Å². The number of rotatable bonds is 8. The first-order valence-electron chi connectivity index (χ1n) is 20.1. The van der Waals surface area contributed by atoms with E-state index in [1.54, 1.807) is 24.3 Å². The van der Waals surface area contributed by atoms with E-state index in [0.29, 0.717) is 0 Å². The first-order valence-corrected chi connectivity index (χ1v) is 23.0. The summed E-state index contributed by atoms with van der Waals surface area (Å²) in [6, 6.07) is 69.8. The van der Waals surface area contributed by atoms with E-state index in [-0.39, 0.29) is 9.79 Å². The molecular formula is C54H42O8S2. The lowest BCUT2D eigenvalue weighted by atomic mass is 9.97. The molecule has 2 aromatic heterocycles. The second-order valence-corrected chi connectivity index (χ2v) is 17.5. The highest BCUT2D eigenvalue weighted by atomic mass is 32.2. The molecule has 7 aromatic carbocycles. The Morgan fingerprint density at radius 2 is 0.531 bits per heavy atom. The minimum absolute atomic E-state index is 0.178. The second-order valence-electron chi connectivity index (χ2n) is 14.7. The zero-order valence-corrected chi connectivity index (χ0v) is 36.5. The maximum Gasteiger partial charge on any atom is 0.361 e. The molecule has 9 rings (SSSR count). The number of aryl methyl sites for hydroxylation is 2. The molecule has 64 heavy (non-hydrogen) atoms. The van der Waals surface area contributed by atoms with Gasteiger partial charge in [-0.15, -0.1) is 0 Å². The lowest BCUT2D eigenvalue weighted by Crippen LogP contribution is -1.97. The van der Waals surface area contributed by atoms with Crippen LogP contribution in [0.2, 0.25) is 0 Å². The fourth-order valence-electron chi connectivity index (χ4n) is 6.58. The highest BCUT2D eigenvalue weighted by Gasteiger charge is 2.22. The third kappa shape index (κ3) is 12.0. The number of hydrogen-bond acceptors (Lipinski definition) is 6. The Kier molecular flexibility index (Phi) is 14.1. The molecule has 0 aliphatic carbocycles. The van der Waals surface area contributed by atoms with Gasteiger partial charge in [-0.25, -0.2) is 25.7 Å². The maximum absolute atomic E-state index is 10.4. The van der Waals surface area contributed by atoms with E-state index in [1.807, 2.05) is 86.6 Å². The fourth-order valence-corrected chi connectivity index (χ4v) is 7.52. The van der Waals surface area contributed by atoms with Crippen molar-refractivity contribution in [3.05, 3.63) is 230 Å². The summed E-state index contributed by atoms with van der Waals surface area (Å²) < 4.78 is 75.1. The predicted octanol–water partition coefficient (Wildman–Crippen LogP) is 13.2. The molecule has 2 heterocycles. The van der Waals surface area contributed by atoms with Crippen LogP contribution in [0, 0.1) is 13.8 Å². The minimum atomic E-state index is -4.27. The Morgan fingerprint density at radius 3 is 0.750 bits per heavy atom. The SMILES string of the molecule is Cc1ccc(S(=O)(=O)[O-])cc1.Cc1ccc(S(=O)(=O)[O-])cc1.c1ccc(-c2cc(-c3ccc(-c4cc(-c5ccccc5)[o+]c(-c5ccccc5)c4)cc3)cc(-c3ccccc3)[o+]2)cc1. The molecular weight excluding hydrogens is 841 g/mol. The van der Waals surface area contributed by atoms with Gasteiger partial charge in [0.05, 0.1) is 56.3 Å². The van der Waals surface area contributed by atoms with Crippen molar-refractivity contribution in [3.8, 4) is 67.5 Å². The molecule has 9 aromatic rings. The summed E-state index contributed by atoms with van der Waals surface area (Å²) in [4.78, 5) is -0.355. The van der Waals surface area contributed by atoms with Gasteiger partial charge in [-0.1, -0.05) is 132 Å². The lowest BCUT2D eigenvalue weighted by molar-refractivity contribution is 0.461. The van der Waals surface area contributed by atoms with E-state index in [4.69, 9.17) is 8.83 Å². The molecule has 8 nitrogen and oxygen atoms in total. The molecule has 0 saturated heterocycles. The second kappa shape index (κ2) is 20.2. The van der Waals surface area contributed by atoms with E-state index in [1.165, 1.54) is 24.3 Å². The van der Waals surface area contributed by atoms with Crippen LogP contribution in [0.4, 0.5) is 0 Å². The Bertz CT molecular complexity index is 2830. The highest BCUT2D eigenvalue weighted by molar-refractivity contribution is 7.86. The van der Waals surface area contributed by atoms with Gasteiger partial charge in [-0.3, -0.25) is 0 Å². The number of hydrogen-bond donors (Lipinski definition) is 0. The quantitative estimate of drug-likeness (QED) is 0.109. The van der Waals surface area contributed by atoms with Crippen molar-refractivity contribution < 1.29 is 34.8 Å². The van der Waals surface area contributed by atoms with E-state index < -0.39 is 20.2 Å². The molecule has 0 bridgehead atoms. The Hall–Kier alpha value is -7.34. The normalized spacial score (nSPS) is 11.1. The monoisotopic (exact) mass is 882 g/mol. The molecule has 0 aliphatic rings. The van der Waals surface area contributed by atoms with Crippen LogP contribution >= 0.6 is 0 Å². The fraction of sp³-hybridized carbons (Fsp3) is 0.0370. The summed E-state index contributed by atoms with van der Waals surface area (Å²) in [5.74, 6) is 3.34. The largest absolute Gasteiger partial charge is 0.744 e. The lowest BCUT2D eigenvalue weighted by Gasteiger charge is -2.06. The first-order chi connectivity index (χ1) is 30.8. The van der Waals surface area contributed by atoms with Crippen molar-refractivity contribution in [2.45, 2.75) is 23.6 Å². The van der Waals surface area contributed by atoms with Crippen molar-refractivity contribution in [2.75, 3.05) is 0 Å². The molecule has 0 unspecified atom stereocenters. The van der Waals surface area contributed by atoms with Crippen LogP contribution in [0.15, 0.2) is 237 Å². The van der Waals surface area contributed by atoms with E-state index in [0.717, 1.165) is 78.7 Å². The van der Waals surface area contributed by atoms with Crippen LogP contribution in [-0.2, 0) is 20.2 Å².